The van der Waals surface area contributed by atoms with E-state index in [9.17, 15) is 38.2 Å². The van der Waals surface area contributed by atoms with Crippen molar-refractivity contribution in [2.75, 3.05) is 63.6 Å². The number of nitrogens with two attached hydrogens (primary N) is 1. The Morgan fingerprint density at radius 3 is 2.49 bits per heavy atom. The van der Waals surface area contributed by atoms with Crippen LogP contribution in [0.4, 0.5) is 11.5 Å². The summed E-state index contributed by atoms with van der Waals surface area (Å²) in [5.41, 5.74) is 16.9. The maximum absolute atomic E-state index is 14.7. The first-order valence-electron chi connectivity index (χ1n) is 25.6. The number of nitrogens with zero attached hydrogens (tertiary/aromatic N) is 6. The number of carbonyl (C=O) groups excluding carboxylic acids is 2. The van der Waals surface area contributed by atoms with Crippen molar-refractivity contribution in [3.63, 3.8) is 0 Å². The van der Waals surface area contributed by atoms with Crippen LogP contribution in [0.2, 0.25) is 0 Å². The zero-order valence-corrected chi connectivity index (χ0v) is 44.7. The van der Waals surface area contributed by atoms with Crippen LogP contribution >= 0.6 is 23.5 Å². The van der Waals surface area contributed by atoms with E-state index in [1.165, 1.54) is 44.2 Å². The molecule has 23 nitrogen and oxygen atoms in total. The average molecular weight is 1120 g/mol. The van der Waals surface area contributed by atoms with Gasteiger partial charge in [-0.1, -0.05) is 30.0 Å². The minimum atomic E-state index is -5.76. The summed E-state index contributed by atoms with van der Waals surface area (Å²) in [7, 11) is -15.1. The first kappa shape index (κ1) is 53.2. The highest BCUT2D eigenvalue weighted by atomic mass is 31.3. The number of carbonyl (C=O) groups is 2. The normalized spacial score (nSPS) is 20.9. The second-order valence-corrected chi connectivity index (χ2v) is 24.4. The lowest BCUT2D eigenvalue weighted by Crippen LogP contribution is -2.45. The van der Waals surface area contributed by atoms with Crippen LogP contribution in [-0.2, 0) is 62.1 Å². The van der Waals surface area contributed by atoms with Gasteiger partial charge in [0.15, 0.2) is 0 Å². The van der Waals surface area contributed by atoms with Crippen LogP contribution in [-0.4, -0.2) is 121 Å². The lowest BCUT2D eigenvalue weighted by Gasteiger charge is -2.39. The Morgan fingerprint density at radius 1 is 0.935 bits per heavy atom. The van der Waals surface area contributed by atoms with E-state index in [2.05, 4.69) is 67.9 Å². The Morgan fingerprint density at radius 2 is 1.69 bits per heavy atom. The lowest BCUT2D eigenvalue weighted by atomic mass is 9.81. The van der Waals surface area contributed by atoms with Crippen molar-refractivity contribution in [3.8, 4) is 23.3 Å². The highest BCUT2D eigenvalue weighted by Gasteiger charge is 2.44. The number of aliphatic hydroxyl groups excluding tert-OH is 1. The van der Waals surface area contributed by atoms with Gasteiger partial charge in [-0.05, 0) is 74.3 Å². The second kappa shape index (κ2) is 21.1. The van der Waals surface area contributed by atoms with E-state index in [1.54, 1.807) is 18.1 Å². The summed E-state index contributed by atoms with van der Waals surface area (Å²) in [6, 6.07) is 12.6. The maximum atomic E-state index is 14.7. The summed E-state index contributed by atoms with van der Waals surface area (Å²) in [6.45, 7) is 3.59. The highest BCUT2D eigenvalue weighted by Crippen LogP contribution is 2.66. The molecule has 1 saturated heterocycles. The van der Waals surface area contributed by atoms with Crippen LogP contribution in [0.1, 0.15) is 100 Å². The highest BCUT2D eigenvalue weighted by molar-refractivity contribution is 7.66. The molecule has 406 valence electrons. The Labute approximate surface area is 441 Å². The molecule has 8 N–H and O–H groups in total. The van der Waals surface area contributed by atoms with Gasteiger partial charge in [-0.25, -0.2) is 28.2 Å². The van der Waals surface area contributed by atoms with E-state index >= 15 is 0 Å². The van der Waals surface area contributed by atoms with Crippen molar-refractivity contribution in [1.29, 1.82) is 0 Å². The molecule has 5 atom stereocenters. The number of aryl methyl sites for hydroxylation is 2. The number of hydrogen-bond acceptors (Lipinski definition) is 15. The fourth-order valence-corrected chi connectivity index (χ4v) is 14.8. The van der Waals surface area contributed by atoms with Gasteiger partial charge in [0, 0.05) is 97.3 Å². The van der Waals surface area contributed by atoms with Crippen LogP contribution < -0.4 is 35.8 Å². The molecule has 6 aliphatic heterocycles. The number of nitrogen functional groups attached to an aromatic ring is 1. The third kappa shape index (κ3) is 10.8. The summed E-state index contributed by atoms with van der Waals surface area (Å²) in [5.74, 6) is 7.40. The van der Waals surface area contributed by atoms with Crippen molar-refractivity contribution < 1.29 is 70.6 Å². The van der Waals surface area contributed by atoms with Crippen molar-refractivity contribution in [2.45, 2.75) is 89.1 Å². The molecule has 5 aromatic rings. The van der Waals surface area contributed by atoms with Crippen LogP contribution in [0.5, 0.6) is 11.5 Å². The number of anilines is 2. The third-order valence-electron chi connectivity index (χ3n) is 14.9. The van der Waals surface area contributed by atoms with E-state index in [0.717, 1.165) is 111 Å². The first-order valence-corrected chi connectivity index (χ1v) is 30.1. The number of aromatic nitrogens is 3. The average Bonchev–Trinajstić information content (AvgIpc) is 3.99. The fraction of sp³-hybridized carbons (Fsp3) is 0.431. The Hall–Kier alpha value is -5.82. The Balaban J connectivity index is 0.763. The van der Waals surface area contributed by atoms with Crippen molar-refractivity contribution in [3.05, 3.63) is 104 Å². The molecule has 2 amide bonds. The standard InChI is InChI=1S/C51H57N8O15P3/c1-56(19-9-17-41(61)53-18-4-10-32-27-59(50-43(32)49(52)54-29-55-50)42-26-39(60)40(71-42)28-70-76(66,67)74-77(68,69)73-75(63,64)65)51(62)34-14-3-2-13-33(34)44-37-24-30-11-5-20-57-22-7-15-35(45(30)57)47(37)72-48-36-16-8-23-58-21-6-12-31(46(36)58)25-38(44)48/h2-3,13-14,24-25,27,29,39-40,42,60H,5-9,11-12,15-23,26,28H2,1H3,(H6-,52,53,54,55,61,63,64,65,66,67,68,69)/p+1/t39-,40+,42+/m0/s1. The molecule has 0 radical (unpaired) electrons. The van der Waals surface area contributed by atoms with Crippen LogP contribution in [0.15, 0.2) is 48.9 Å². The van der Waals surface area contributed by atoms with Gasteiger partial charge in [-0.15, -0.1) is 0 Å². The summed E-state index contributed by atoms with van der Waals surface area (Å²) >= 11 is 0. The summed E-state index contributed by atoms with van der Waals surface area (Å²) < 4.78 is 64.3. The number of benzene rings is 3. The van der Waals surface area contributed by atoms with Gasteiger partial charge in [-0.3, -0.25) is 14.1 Å². The molecule has 0 bridgehead atoms. The zero-order valence-electron chi connectivity index (χ0n) is 42.0. The fourth-order valence-electron chi connectivity index (χ4n) is 11.8. The van der Waals surface area contributed by atoms with Gasteiger partial charge in [0.05, 0.1) is 35.8 Å². The number of fused-ring (bicyclic) bond motifs is 5. The third-order valence-corrected chi connectivity index (χ3v) is 18.7. The number of ether oxygens (including phenoxy) is 2. The molecule has 1 fully saturated rings. The number of phosphoric ester groups is 1. The van der Waals surface area contributed by atoms with E-state index in [0.29, 0.717) is 29.5 Å². The van der Waals surface area contributed by atoms with Gasteiger partial charge in [0.25, 0.3) is 5.91 Å². The number of phosphoric acid groups is 3. The first-order chi connectivity index (χ1) is 36.8. The molecule has 0 aliphatic carbocycles. The number of aliphatic hydroxyl groups is 1. The second-order valence-electron chi connectivity index (χ2n) is 20.0. The maximum Gasteiger partial charge on any atom is 0.490 e. The molecule has 11 rings (SSSR count). The van der Waals surface area contributed by atoms with Crippen LogP contribution in [0.3, 0.4) is 0 Å². The lowest BCUT2D eigenvalue weighted by molar-refractivity contribution is -0.121. The number of amides is 2. The summed E-state index contributed by atoms with van der Waals surface area (Å²) in [6.07, 6.45) is 7.74. The predicted molar refractivity (Wildman–Crippen MR) is 279 cm³/mol. The molecule has 2 unspecified atom stereocenters. The minimum Gasteiger partial charge on any atom is -0.455 e. The Kier molecular flexibility index (Phi) is 14.6. The van der Waals surface area contributed by atoms with Gasteiger partial charge >= 0.3 is 23.5 Å². The van der Waals surface area contributed by atoms with Crippen molar-refractivity contribution >= 4 is 63.4 Å². The topological polar surface area (TPSA) is 311 Å². The monoisotopic (exact) mass is 1120 g/mol. The molecular formula is C51H58N8O15P3+. The van der Waals surface area contributed by atoms with E-state index in [1.807, 2.05) is 18.2 Å². The summed E-state index contributed by atoms with van der Waals surface area (Å²) in [4.78, 5) is 77.3. The van der Waals surface area contributed by atoms with Gasteiger partial charge < -0.3 is 59.6 Å². The van der Waals surface area contributed by atoms with Crippen LogP contribution in [0, 0.1) is 11.8 Å². The summed E-state index contributed by atoms with van der Waals surface area (Å²) in [5, 5.41) is 16.3. The molecule has 3 aromatic carbocycles. The van der Waals surface area contributed by atoms with Crippen molar-refractivity contribution in [2.24, 2.45) is 0 Å². The quantitative estimate of drug-likeness (QED) is 0.0440. The number of rotatable bonds is 15. The van der Waals surface area contributed by atoms with E-state index in [4.69, 9.17) is 25.0 Å². The SMILES string of the molecule is CN(CCCC(=O)NCC#Cc1cn([C@H]2C[C@H](O)[C@@H](COP(=O)(O)OP(=O)(O)OP(=O)(O)O)O2)c2ncnc(N)c12)C(=O)c1ccccc1C1=c2cc3c4c(c2Oc2c1cc1c5c2CCCN5CCC1)CCC[N+]=4CCC3. The van der Waals surface area contributed by atoms with Gasteiger partial charge in [0.1, 0.15) is 54.7 Å². The largest absolute Gasteiger partial charge is 0.490 e. The van der Waals surface area contributed by atoms with Crippen molar-refractivity contribution in [1.82, 2.24) is 29.3 Å². The van der Waals surface area contributed by atoms with E-state index < -0.39 is 48.5 Å². The molecule has 26 heteroatoms. The zero-order chi connectivity index (χ0) is 54.0. The van der Waals surface area contributed by atoms with Gasteiger partial charge in [0.2, 0.25) is 11.3 Å². The molecule has 8 heterocycles. The smallest absolute Gasteiger partial charge is 0.455 e. The molecular weight excluding hydrogens is 1060 g/mol. The molecule has 0 saturated carbocycles. The molecule has 77 heavy (non-hydrogen) atoms. The van der Waals surface area contributed by atoms with Gasteiger partial charge in [-0.2, -0.15) is 8.62 Å². The van der Waals surface area contributed by atoms with Crippen LogP contribution in [0.25, 0.3) is 16.6 Å². The minimum absolute atomic E-state index is 0.0419. The molecule has 0 spiro atoms. The number of hydrogen-bond donors (Lipinski definition) is 7. The predicted octanol–water partition coefficient (Wildman–Crippen LogP) is 3.46. The number of nitrogens with one attached hydrogen (secondary N) is 1. The van der Waals surface area contributed by atoms with E-state index in [-0.39, 0.29) is 42.7 Å². The molecule has 6 aliphatic rings. The Bertz CT molecular complexity index is 3610. The molecule has 2 aromatic heterocycles.